The van der Waals surface area contributed by atoms with Gasteiger partial charge in [-0.05, 0) is 24.4 Å². The van der Waals surface area contributed by atoms with Crippen molar-refractivity contribution in [2.24, 2.45) is 0 Å². The molecule has 2 unspecified atom stereocenters. The highest BCUT2D eigenvalue weighted by molar-refractivity contribution is 6.44. The number of benzene rings is 1. The van der Waals surface area contributed by atoms with E-state index in [1.54, 1.807) is 0 Å². The van der Waals surface area contributed by atoms with Crippen LogP contribution in [-0.4, -0.2) is 27.6 Å². The fraction of sp³-hybridized carbons (Fsp3) is 0.571. The molecule has 1 aromatic carbocycles. The van der Waals surface area contributed by atoms with E-state index in [2.05, 4.69) is 13.8 Å². The molecule has 0 aliphatic rings. The predicted octanol–water partition coefficient (Wildman–Crippen LogP) is 2.79. The Morgan fingerprint density at radius 2 is 1.78 bits per heavy atom. The van der Waals surface area contributed by atoms with Crippen LogP contribution in [0.15, 0.2) is 30.3 Å². The van der Waals surface area contributed by atoms with Crippen LogP contribution < -0.4 is 0 Å². The normalized spacial score (nSPS) is 14.4. The van der Waals surface area contributed by atoms with Crippen LogP contribution in [0.3, 0.4) is 0 Å². The highest BCUT2D eigenvalue weighted by Gasteiger charge is 2.12. The van der Waals surface area contributed by atoms with E-state index in [0.717, 1.165) is 24.6 Å². The first-order valence-corrected chi connectivity index (χ1v) is 8.50. The number of hydrogen-bond donors (Lipinski definition) is 1. The van der Waals surface area contributed by atoms with Crippen LogP contribution in [0.5, 0.6) is 0 Å². The Hall–Kier alpha value is -0.683. The molecule has 0 fully saturated rings. The van der Waals surface area contributed by atoms with Gasteiger partial charge in [-0.2, -0.15) is 0 Å². The van der Waals surface area contributed by atoms with E-state index in [9.17, 15) is 5.11 Å². The molecule has 2 atom stereocenters. The van der Waals surface area contributed by atoms with Gasteiger partial charge in [0, 0.05) is 13.2 Å². The van der Waals surface area contributed by atoms with Crippen molar-refractivity contribution < 1.29 is 14.0 Å². The molecule has 0 aliphatic carbocycles. The Morgan fingerprint density at radius 1 is 1.11 bits per heavy atom. The molecule has 1 aromatic rings. The maximum atomic E-state index is 9.98. The Balaban J connectivity index is 2.24. The molecule has 0 heterocycles. The Labute approximate surface area is 112 Å². The first kappa shape index (κ1) is 15.4. The van der Waals surface area contributed by atoms with Crippen LogP contribution in [0.4, 0.5) is 0 Å². The molecule has 0 saturated carbocycles. The monoisotopic (exact) mass is 268 g/mol. The molecule has 0 amide bonds. The average molecular weight is 268 g/mol. The maximum Gasteiger partial charge on any atom is 0.321 e. The van der Waals surface area contributed by atoms with E-state index in [0.29, 0.717) is 13.0 Å². The van der Waals surface area contributed by atoms with E-state index in [1.165, 1.54) is 0 Å². The van der Waals surface area contributed by atoms with Gasteiger partial charge in [-0.1, -0.05) is 44.2 Å². The van der Waals surface area contributed by atoms with Crippen LogP contribution in [0.1, 0.15) is 38.4 Å². The van der Waals surface area contributed by atoms with Crippen LogP contribution in [0, 0.1) is 0 Å². The fourth-order valence-electron chi connectivity index (χ4n) is 1.69. The van der Waals surface area contributed by atoms with Crippen LogP contribution in [0.25, 0.3) is 0 Å². The minimum Gasteiger partial charge on any atom is -0.397 e. The van der Waals surface area contributed by atoms with Gasteiger partial charge in [0.2, 0.25) is 0 Å². The molecule has 0 radical (unpaired) electrons. The molecule has 4 heteroatoms. The van der Waals surface area contributed by atoms with Gasteiger partial charge >= 0.3 is 9.28 Å². The van der Waals surface area contributed by atoms with Crippen molar-refractivity contribution in [3.63, 3.8) is 0 Å². The lowest BCUT2D eigenvalue weighted by Crippen LogP contribution is -2.23. The third kappa shape index (κ3) is 5.77. The van der Waals surface area contributed by atoms with Gasteiger partial charge in [0.1, 0.15) is 0 Å². The van der Waals surface area contributed by atoms with Crippen LogP contribution >= 0.6 is 0 Å². The predicted molar refractivity (Wildman–Crippen MR) is 75.8 cm³/mol. The molecular weight excluding hydrogens is 244 g/mol. The molecule has 0 bridgehead atoms. The largest absolute Gasteiger partial charge is 0.397 e. The Kier molecular flexibility index (Phi) is 7.92. The van der Waals surface area contributed by atoms with Crippen LogP contribution in [0.2, 0.25) is 6.04 Å². The van der Waals surface area contributed by atoms with Gasteiger partial charge in [-0.3, -0.25) is 0 Å². The van der Waals surface area contributed by atoms with Crippen molar-refractivity contribution in [1.82, 2.24) is 0 Å². The zero-order chi connectivity index (χ0) is 13.2. The maximum absolute atomic E-state index is 9.98. The summed E-state index contributed by atoms with van der Waals surface area (Å²) in [5.41, 5.74) is 0.949. The standard InChI is InChI=1S/C14H24O3Si/c1-3-11-16-18(4-2)17-12-10-14(15)13-8-6-5-7-9-13/h5-9,14-15,18H,3-4,10-12H2,1-2H3. The molecule has 1 rings (SSSR count). The summed E-state index contributed by atoms with van der Waals surface area (Å²) in [4.78, 5) is 0. The SMILES string of the molecule is CCCO[SiH](CC)OCCC(O)c1ccccc1. The second-order valence-corrected chi connectivity index (χ2v) is 6.64. The number of aliphatic hydroxyl groups is 1. The number of aliphatic hydroxyl groups excluding tert-OH is 1. The summed E-state index contributed by atoms with van der Waals surface area (Å²) in [6.07, 6.45) is 1.21. The van der Waals surface area contributed by atoms with E-state index in [1.807, 2.05) is 30.3 Å². The van der Waals surface area contributed by atoms with Crippen molar-refractivity contribution in [2.45, 2.75) is 38.8 Å². The topological polar surface area (TPSA) is 38.7 Å². The van der Waals surface area contributed by atoms with Gasteiger partial charge < -0.3 is 14.0 Å². The van der Waals surface area contributed by atoms with Crippen molar-refractivity contribution in [3.05, 3.63) is 35.9 Å². The zero-order valence-corrected chi connectivity index (χ0v) is 12.5. The minimum atomic E-state index is -1.49. The van der Waals surface area contributed by atoms with Crippen molar-refractivity contribution in [1.29, 1.82) is 0 Å². The summed E-state index contributed by atoms with van der Waals surface area (Å²) in [6.45, 7) is 5.55. The van der Waals surface area contributed by atoms with Gasteiger partial charge in [0.15, 0.2) is 0 Å². The lowest BCUT2D eigenvalue weighted by molar-refractivity contribution is 0.124. The molecule has 0 aliphatic heterocycles. The highest BCUT2D eigenvalue weighted by Crippen LogP contribution is 2.16. The van der Waals surface area contributed by atoms with E-state index in [-0.39, 0.29) is 0 Å². The van der Waals surface area contributed by atoms with Crippen molar-refractivity contribution in [2.75, 3.05) is 13.2 Å². The second-order valence-electron chi connectivity index (χ2n) is 4.29. The van der Waals surface area contributed by atoms with Crippen LogP contribution in [-0.2, 0) is 8.85 Å². The average Bonchev–Trinajstić information content (AvgIpc) is 2.43. The highest BCUT2D eigenvalue weighted by atomic mass is 28.3. The molecule has 3 nitrogen and oxygen atoms in total. The van der Waals surface area contributed by atoms with E-state index in [4.69, 9.17) is 8.85 Å². The quantitative estimate of drug-likeness (QED) is 0.700. The third-order valence-electron chi connectivity index (χ3n) is 2.72. The smallest absolute Gasteiger partial charge is 0.321 e. The molecule has 18 heavy (non-hydrogen) atoms. The lowest BCUT2D eigenvalue weighted by Gasteiger charge is -2.16. The molecule has 0 saturated heterocycles. The lowest BCUT2D eigenvalue weighted by atomic mass is 10.1. The van der Waals surface area contributed by atoms with E-state index >= 15 is 0 Å². The molecule has 0 spiro atoms. The van der Waals surface area contributed by atoms with Crippen molar-refractivity contribution in [3.8, 4) is 0 Å². The molecular formula is C14H24O3Si. The summed E-state index contributed by atoms with van der Waals surface area (Å²) >= 11 is 0. The second kappa shape index (κ2) is 9.27. The summed E-state index contributed by atoms with van der Waals surface area (Å²) in [5, 5.41) is 9.98. The summed E-state index contributed by atoms with van der Waals surface area (Å²) < 4.78 is 11.4. The van der Waals surface area contributed by atoms with Gasteiger partial charge in [0.25, 0.3) is 0 Å². The van der Waals surface area contributed by atoms with Gasteiger partial charge in [-0.25, -0.2) is 0 Å². The first-order chi connectivity index (χ1) is 8.77. The first-order valence-electron chi connectivity index (χ1n) is 6.74. The Bertz CT molecular complexity index is 305. The number of hydrogen-bond acceptors (Lipinski definition) is 3. The number of rotatable bonds is 9. The van der Waals surface area contributed by atoms with E-state index < -0.39 is 15.4 Å². The van der Waals surface area contributed by atoms with Gasteiger partial charge in [-0.15, -0.1) is 0 Å². The molecule has 102 valence electrons. The Morgan fingerprint density at radius 3 is 2.39 bits per heavy atom. The summed E-state index contributed by atoms with van der Waals surface area (Å²) in [7, 11) is -1.49. The molecule has 1 N–H and O–H groups in total. The van der Waals surface area contributed by atoms with Crippen molar-refractivity contribution >= 4 is 9.28 Å². The molecule has 0 aromatic heterocycles. The fourth-order valence-corrected chi connectivity index (χ4v) is 3.15. The summed E-state index contributed by atoms with van der Waals surface area (Å²) in [6, 6.07) is 10.7. The minimum absolute atomic E-state index is 0.441. The summed E-state index contributed by atoms with van der Waals surface area (Å²) in [5.74, 6) is 0. The van der Waals surface area contributed by atoms with Gasteiger partial charge in [0.05, 0.1) is 6.10 Å². The third-order valence-corrected chi connectivity index (χ3v) is 4.60. The zero-order valence-electron chi connectivity index (χ0n) is 11.3.